The number of Topliss-reactive ketones (excluding diaryl/α,β-unsaturated/α-hetero) is 1. The van der Waals surface area contributed by atoms with Crippen molar-refractivity contribution in [1.82, 2.24) is 0 Å². The highest BCUT2D eigenvalue weighted by Gasteiger charge is 2.48. The maximum Gasteiger partial charge on any atom is 0.319 e. The molecular weight excluding hydrogens is 244 g/mol. The van der Waals surface area contributed by atoms with Gasteiger partial charge in [-0.05, 0) is 19.8 Å². The zero-order valence-electron chi connectivity index (χ0n) is 10.2. The van der Waals surface area contributed by atoms with Crippen LogP contribution < -0.4 is 0 Å². The SMILES string of the molecule is CCS(=O)(=O)CCCC1(C(C)=O)CCOC1=O. The standard InChI is InChI=1S/C11H18O5S/c1-3-17(14,15)8-4-5-11(9(2)12)6-7-16-10(11)13/h3-8H2,1-2H3. The molecule has 0 saturated carbocycles. The largest absolute Gasteiger partial charge is 0.465 e. The number of carbonyl (C=O) groups excluding carboxylic acids is 2. The highest BCUT2D eigenvalue weighted by Crippen LogP contribution is 2.36. The summed E-state index contributed by atoms with van der Waals surface area (Å²) >= 11 is 0. The molecule has 0 aromatic heterocycles. The van der Waals surface area contributed by atoms with Crippen molar-refractivity contribution in [1.29, 1.82) is 0 Å². The summed E-state index contributed by atoms with van der Waals surface area (Å²) in [5, 5.41) is 0. The predicted molar refractivity (Wildman–Crippen MR) is 62.3 cm³/mol. The van der Waals surface area contributed by atoms with Crippen molar-refractivity contribution < 1.29 is 22.7 Å². The lowest BCUT2D eigenvalue weighted by molar-refractivity contribution is -0.151. The smallest absolute Gasteiger partial charge is 0.319 e. The van der Waals surface area contributed by atoms with Gasteiger partial charge in [0.1, 0.15) is 21.0 Å². The normalized spacial score (nSPS) is 24.7. The van der Waals surface area contributed by atoms with E-state index in [1.807, 2.05) is 0 Å². The van der Waals surface area contributed by atoms with Crippen LogP contribution in [0.15, 0.2) is 0 Å². The summed E-state index contributed by atoms with van der Waals surface area (Å²) in [4.78, 5) is 23.1. The van der Waals surface area contributed by atoms with Gasteiger partial charge in [-0.15, -0.1) is 0 Å². The first-order chi connectivity index (χ1) is 7.84. The molecule has 17 heavy (non-hydrogen) atoms. The zero-order chi connectivity index (χ0) is 13.1. The fourth-order valence-corrected chi connectivity index (χ4v) is 2.89. The minimum absolute atomic E-state index is 0.0197. The molecule has 0 aliphatic carbocycles. The summed E-state index contributed by atoms with van der Waals surface area (Å²) < 4.78 is 27.5. The highest BCUT2D eigenvalue weighted by molar-refractivity contribution is 7.91. The van der Waals surface area contributed by atoms with E-state index >= 15 is 0 Å². The van der Waals surface area contributed by atoms with Crippen LogP contribution in [0.25, 0.3) is 0 Å². The molecule has 1 saturated heterocycles. The molecule has 0 aromatic rings. The van der Waals surface area contributed by atoms with E-state index in [1.165, 1.54) is 6.92 Å². The fraction of sp³-hybridized carbons (Fsp3) is 0.818. The van der Waals surface area contributed by atoms with Crippen molar-refractivity contribution >= 4 is 21.6 Å². The molecule has 98 valence electrons. The monoisotopic (exact) mass is 262 g/mol. The molecule has 1 aliphatic heterocycles. The van der Waals surface area contributed by atoms with Gasteiger partial charge in [-0.1, -0.05) is 6.92 Å². The van der Waals surface area contributed by atoms with Gasteiger partial charge in [0, 0.05) is 12.2 Å². The van der Waals surface area contributed by atoms with Gasteiger partial charge in [0.2, 0.25) is 0 Å². The molecule has 1 aliphatic rings. The highest BCUT2D eigenvalue weighted by atomic mass is 32.2. The van der Waals surface area contributed by atoms with Crippen LogP contribution in [0.5, 0.6) is 0 Å². The van der Waals surface area contributed by atoms with Crippen molar-refractivity contribution in [2.75, 3.05) is 18.1 Å². The second-order valence-electron chi connectivity index (χ2n) is 4.36. The van der Waals surface area contributed by atoms with Gasteiger partial charge in [-0.2, -0.15) is 0 Å². The summed E-state index contributed by atoms with van der Waals surface area (Å²) in [5.74, 6) is -0.621. The number of ketones is 1. The average Bonchev–Trinajstić information content (AvgIpc) is 2.61. The van der Waals surface area contributed by atoms with Crippen LogP contribution in [0.4, 0.5) is 0 Å². The van der Waals surface area contributed by atoms with Crippen molar-refractivity contribution in [2.24, 2.45) is 5.41 Å². The van der Waals surface area contributed by atoms with E-state index in [0.29, 0.717) is 12.8 Å². The van der Waals surface area contributed by atoms with Crippen molar-refractivity contribution in [3.63, 3.8) is 0 Å². The number of ether oxygens (including phenoxy) is 1. The van der Waals surface area contributed by atoms with Crippen LogP contribution in [-0.4, -0.2) is 38.3 Å². The van der Waals surface area contributed by atoms with Gasteiger partial charge < -0.3 is 4.74 Å². The fourth-order valence-electron chi connectivity index (χ4n) is 2.02. The summed E-state index contributed by atoms with van der Waals surface area (Å²) in [6.45, 7) is 3.19. The molecule has 1 heterocycles. The number of carbonyl (C=O) groups is 2. The van der Waals surface area contributed by atoms with Gasteiger partial charge in [-0.25, -0.2) is 8.42 Å². The zero-order valence-corrected chi connectivity index (χ0v) is 11.0. The van der Waals surface area contributed by atoms with Crippen molar-refractivity contribution in [3.8, 4) is 0 Å². The minimum atomic E-state index is -3.04. The Hall–Kier alpha value is -0.910. The van der Waals surface area contributed by atoms with Crippen LogP contribution in [0.3, 0.4) is 0 Å². The molecule has 5 nitrogen and oxygen atoms in total. The van der Waals surface area contributed by atoms with E-state index in [4.69, 9.17) is 4.74 Å². The first kappa shape index (κ1) is 14.2. The Morgan fingerprint density at radius 1 is 1.47 bits per heavy atom. The Balaban J connectivity index is 2.65. The molecule has 0 aromatic carbocycles. The van der Waals surface area contributed by atoms with Crippen LogP contribution in [-0.2, 0) is 24.2 Å². The Labute approximate surface area is 101 Å². The summed E-state index contributed by atoms with van der Waals surface area (Å²) in [7, 11) is -3.04. The van der Waals surface area contributed by atoms with Gasteiger partial charge >= 0.3 is 5.97 Å². The third-order valence-electron chi connectivity index (χ3n) is 3.33. The Morgan fingerprint density at radius 2 is 2.12 bits per heavy atom. The lowest BCUT2D eigenvalue weighted by Crippen LogP contribution is -2.34. The van der Waals surface area contributed by atoms with Gasteiger partial charge in [0.25, 0.3) is 0 Å². The van der Waals surface area contributed by atoms with E-state index in [9.17, 15) is 18.0 Å². The summed E-state index contributed by atoms with van der Waals surface area (Å²) in [6, 6.07) is 0. The van der Waals surface area contributed by atoms with Crippen molar-refractivity contribution in [2.45, 2.75) is 33.1 Å². The van der Waals surface area contributed by atoms with Crippen LogP contribution in [0, 0.1) is 5.41 Å². The van der Waals surface area contributed by atoms with Gasteiger partial charge in [-0.3, -0.25) is 9.59 Å². The number of rotatable bonds is 6. The maximum atomic E-state index is 11.6. The quantitative estimate of drug-likeness (QED) is 0.521. The number of sulfone groups is 1. The van der Waals surface area contributed by atoms with Crippen molar-refractivity contribution in [3.05, 3.63) is 0 Å². The number of hydrogen-bond donors (Lipinski definition) is 0. The van der Waals surface area contributed by atoms with Crippen LogP contribution >= 0.6 is 0 Å². The second-order valence-corrected chi connectivity index (χ2v) is 6.84. The van der Waals surface area contributed by atoms with Gasteiger partial charge in [0.15, 0.2) is 0 Å². The third-order valence-corrected chi connectivity index (χ3v) is 5.12. The van der Waals surface area contributed by atoms with E-state index in [1.54, 1.807) is 6.92 Å². The first-order valence-corrected chi connectivity index (χ1v) is 7.55. The maximum absolute atomic E-state index is 11.6. The van der Waals surface area contributed by atoms with Crippen LogP contribution in [0.1, 0.15) is 33.1 Å². The molecule has 0 radical (unpaired) electrons. The van der Waals surface area contributed by atoms with E-state index in [2.05, 4.69) is 0 Å². The third kappa shape index (κ3) is 3.06. The van der Waals surface area contributed by atoms with E-state index in [-0.39, 0.29) is 30.3 Å². The Kier molecular flexibility index (Phi) is 4.30. The number of cyclic esters (lactones) is 1. The first-order valence-electron chi connectivity index (χ1n) is 5.73. The molecule has 0 amide bonds. The van der Waals surface area contributed by atoms with E-state index in [0.717, 1.165) is 0 Å². The van der Waals surface area contributed by atoms with E-state index < -0.39 is 21.2 Å². The molecule has 6 heteroatoms. The Bertz CT molecular complexity index is 412. The summed E-state index contributed by atoms with van der Waals surface area (Å²) in [6.07, 6.45) is 0.957. The van der Waals surface area contributed by atoms with Crippen LogP contribution in [0.2, 0.25) is 0 Å². The average molecular weight is 262 g/mol. The van der Waals surface area contributed by atoms with Gasteiger partial charge in [0.05, 0.1) is 12.4 Å². The Morgan fingerprint density at radius 3 is 2.53 bits per heavy atom. The predicted octanol–water partition coefficient (Wildman–Crippen LogP) is 0.724. The molecule has 1 fully saturated rings. The molecule has 1 atom stereocenters. The second kappa shape index (κ2) is 5.16. The topological polar surface area (TPSA) is 77.5 Å². The molecular formula is C11H18O5S. The summed E-state index contributed by atoms with van der Waals surface area (Å²) in [5.41, 5.74) is -1.09. The lowest BCUT2D eigenvalue weighted by atomic mass is 9.78. The number of esters is 1. The molecule has 1 rings (SSSR count). The lowest BCUT2D eigenvalue weighted by Gasteiger charge is -2.20. The molecule has 0 N–H and O–H groups in total. The molecule has 0 spiro atoms. The minimum Gasteiger partial charge on any atom is -0.465 e. The molecule has 1 unspecified atom stereocenters. The number of hydrogen-bond acceptors (Lipinski definition) is 5. The molecule has 0 bridgehead atoms.